The second kappa shape index (κ2) is 6.44. The molecule has 6 nitrogen and oxygen atoms in total. The number of hydrogen-bond donors (Lipinski definition) is 1. The SMILES string of the molecule is CCC(C)C(=O)OCCN1c2ccccc2CNS1(=O)=O. The van der Waals surface area contributed by atoms with Crippen molar-refractivity contribution in [3.05, 3.63) is 29.8 Å². The molecule has 116 valence electrons. The van der Waals surface area contributed by atoms with Gasteiger partial charge >= 0.3 is 16.2 Å². The second-order valence-corrected chi connectivity index (χ2v) is 6.68. The van der Waals surface area contributed by atoms with E-state index in [0.29, 0.717) is 12.1 Å². The van der Waals surface area contributed by atoms with Crippen LogP contribution >= 0.6 is 0 Å². The number of hydrogen-bond acceptors (Lipinski definition) is 4. The van der Waals surface area contributed by atoms with E-state index in [1.54, 1.807) is 19.1 Å². The van der Waals surface area contributed by atoms with Crippen LogP contribution in [0.15, 0.2) is 24.3 Å². The van der Waals surface area contributed by atoms with Crippen molar-refractivity contribution in [2.45, 2.75) is 26.8 Å². The van der Waals surface area contributed by atoms with Crippen molar-refractivity contribution in [1.29, 1.82) is 0 Å². The van der Waals surface area contributed by atoms with Gasteiger partial charge in [0.15, 0.2) is 0 Å². The van der Waals surface area contributed by atoms with Gasteiger partial charge in [0.25, 0.3) is 0 Å². The van der Waals surface area contributed by atoms with Crippen LogP contribution in [0.4, 0.5) is 5.69 Å². The molecule has 0 amide bonds. The summed E-state index contributed by atoms with van der Waals surface area (Å²) in [6.45, 7) is 4.12. The van der Waals surface area contributed by atoms with Gasteiger partial charge in [0.1, 0.15) is 6.61 Å². The number of para-hydroxylation sites is 1. The predicted molar refractivity (Wildman–Crippen MR) is 80.0 cm³/mol. The molecule has 1 aromatic carbocycles. The number of rotatable bonds is 5. The first-order chi connectivity index (χ1) is 9.95. The molecule has 1 aliphatic rings. The Balaban J connectivity index is 2.06. The number of fused-ring (bicyclic) bond motifs is 1. The lowest BCUT2D eigenvalue weighted by atomic mass is 10.1. The molecule has 0 radical (unpaired) electrons. The van der Waals surface area contributed by atoms with Crippen LogP contribution in [0.5, 0.6) is 0 Å². The summed E-state index contributed by atoms with van der Waals surface area (Å²) < 4.78 is 33.0. The zero-order valence-corrected chi connectivity index (χ0v) is 13.0. The van der Waals surface area contributed by atoms with E-state index in [1.165, 1.54) is 4.31 Å². The maximum atomic E-state index is 12.1. The Hall–Kier alpha value is -1.60. The molecule has 1 aliphatic heterocycles. The van der Waals surface area contributed by atoms with Crippen LogP contribution in [0.2, 0.25) is 0 Å². The van der Waals surface area contributed by atoms with Crippen LogP contribution in [-0.4, -0.2) is 27.5 Å². The van der Waals surface area contributed by atoms with Crippen molar-refractivity contribution in [3.63, 3.8) is 0 Å². The summed E-state index contributed by atoms with van der Waals surface area (Å²) in [6.07, 6.45) is 0.700. The standard InChI is InChI=1S/C14H20N2O4S/c1-3-11(2)14(17)20-9-8-16-13-7-5-4-6-12(13)10-15-21(16,18)19/h4-7,11,15H,3,8-10H2,1-2H3. The molecule has 0 saturated heterocycles. The largest absolute Gasteiger partial charge is 0.464 e. The molecule has 1 unspecified atom stereocenters. The van der Waals surface area contributed by atoms with Gasteiger partial charge < -0.3 is 4.74 Å². The molecule has 1 N–H and O–H groups in total. The van der Waals surface area contributed by atoms with E-state index < -0.39 is 10.2 Å². The number of nitrogens with zero attached hydrogens (tertiary/aromatic N) is 1. The zero-order valence-electron chi connectivity index (χ0n) is 12.2. The summed E-state index contributed by atoms with van der Waals surface area (Å²) in [5.74, 6) is -0.471. The average Bonchev–Trinajstić information content (AvgIpc) is 2.48. The molecule has 1 atom stereocenters. The Bertz CT molecular complexity index is 615. The number of nitrogens with one attached hydrogen (secondary N) is 1. The van der Waals surface area contributed by atoms with Gasteiger partial charge in [-0.15, -0.1) is 0 Å². The minimum atomic E-state index is -3.57. The molecule has 0 aromatic heterocycles. The van der Waals surface area contributed by atoms with Gasteiger partial charge in [-0.05, 0) is 18.1 Å². The third-order valence-corrected chi connectivity index (χ3v) is 5.02. The molecule has 0 aliphatic carbocycles. The minimum Gasteiger partial charge on any atom is -0.464 e. The van der Waals surface area contributed by atoms with Gasteiger partial charge in [-0.2, -0.15) is 13.1 Å². The summed E-state index contributed by atoms with van der Waals surface area (Å²) in [6, 6.07) is 7.27. The van der Waals surface area contributed by atoms with Gasteiger partial charge in [0, 0.05) is 6.54 Å². The lowest BCUT2D eigenvalue weighted by Crippen LogP contribution is -2.46. The molecular formula is C14H20N2O4S. The van der Waals surface area contributed by atoms with E-state index in [0.717, 1.165) is 5.56 Å². The lowest BCUT2D eigenvalue weighted by molar-refractivity contribution is -0.147. The van der Waals surface area contributed by atoms with E-state index in [4.69, 9.17) is 4.74 Å². The van der Waals surface area contributed by atoms with Crippen molar-refractivity contribution in [2.24, 2.45) is 5.92 Å². The van der Waals surface area contributed by atoms with E-state index in [2.05, 4.69) is 4.72 Å². The summed E-state index contributed by atoms with van der Waals surface area (Å²) >= 11 is 0. The lowest BCUT2D eigenvalue weighted by Gasteiger charge is -2.30. The average molecular weight is 312 g/mol. The summed E-state index contributed by atoms with van der Waals surface area (Å²) in [5, 5.41) is 0. The normalized spacial score (nSPS) is 17.9. The third-order valence-electron chi connectivity index (χ3n) is 3.55. The fourth-order valence-corrected chi connectivity index (χ4v) is 3.30. The van der Waals surface area contributed by atoms with Crippen LogP contribution < -0.4 is 9.03 Å². The van der Waals surface area contributed by atoms with E-state index in [9.17, 15) is 13.2 Å². The Morgan fingerprint density at radius 2 is 2.14 bits per heavy atom. The Morgan fingerprint density at radius 1 is 1.43 bits per heavy atom. The molecule has 2 rings (SSSR count). The number of esters is 1. The fourth-order valence-electron chi connectivity index (χ4n) is 2.06. The number of benzene rings is 1. The molecule has 7 heteroatoms. The van der Waals surface area contributed by atoms with Crippen molar-refractivity contribution in [3.8, 4) is 0 Å². The molecule has 0 bridgehead atoms. The van der Waals surface area contributed by atoms with Crippen molar-refractivity contribution in [2.75, 3.05) is 17.5 Å². The van der Waals surface area contributed by atoms with Crippen LogP contribution in [0, 0.1) is 5.92 Å². The molecule has 1 heterocycles. The highest BCUT2D eigenvalue weighted by atomic mass is 32.2. The van der Waals surface area contributed by atoms with E-state index >= 15 is 0 Å². The van der Waals surface area contributed by atoms with E-state index in [1.807, 2.05) is 19.1 Å². The van der Waals surface area contributed by atoms with Crippen molar-refractivity contribution in [1.82, 2.24) is 4.72 Å². The molecule has 0 saturated carbocycles. The van der Waals surface area contributed by atoms with Crippen LogP contribution in [-0.2, 0) is 26.3 Å². The summed E-state index contributed by atoms with van der Waals surface area (Å²) in [7, 11) is -3.57. The predicted octanol–water partition coefficient (Wildman–Crippen LogP) is 1.43. The van der Waals surface area contributed by atoms with Crippen LogP contribution in [0.25, 0.3) is 0 Å². The number of carbonyl (C=O) groups is 1. The van der Waals surface area contributed by atoms with Crippen LogP contribution in [0.1, 0.15) is 25.8 Å². The topological polar surface area (TPSA) is 75.7 Å². The first-order valence-electron chi connectivity index (χ1n) is 6.97. The van der Waals surface area contributed by atoms with Gasteiger partial charge in [-0.3, -0.25) is 9.10 Å². The summed E-state index contributed by atoms with van der Waals surface area (Å²) in [5.41, 5.74) is 1.54. The molecule has 1 aromatic rings. The monoisotopic (exact) mass is 312 g/mol. The molecular weight excluding hydrogens is 292 g/mol. The quantitative estimate of drug-likeness (QED) is 0.835. The second-order valence-electron chi connectivity index (χ2n) is 5.00. The Morgan fingerprint density at radius 3 is 2.86 bits per heavy atom. The van der Waals surface area contributed by atoms with Crippen molar-refractivity contribution < 1.29 is 17.9 Å². The first kappa shape index (κ1) is 15.8. The highest BCUT2D eigenvalue weighted by molar-refractivity contribution is 7.90. The number of carbonyl (C=O) groups excluding carboxylic acids is 1. The molecule has 0 spiro atoms. The first-order valence-corrected chi connectivity index (χ1v) is 8.41. The minimum absolute atomic E-state index is 0.0401. The fraction of sp³-hybridized carbons (Fsp3) is 0.500. The number of anilines is 1. The van der Waals surface area contributed by atoms with Gasteiger partial charge in [-0.1, -0.05) is 32.0 Å². The number of ether oxygens (including phenoxy) is 1. The highest BCUT2D eigenvalue weighted by Crippen LogP contribution is 2.26. The smallest absolute Gasteiger partial charge is 0.308 e. The Labute approximate surface area is 125 Å². The van der Waals surface area contributed by atoms with Gasteiger partial charge in [0.2, 0.25) is 0 Å². The maximum Gasteiger partial charge on any atom is 0.308 e. The highest BCUT2D eigenvalue weighted by Gasteiger charge is 2.29. The Kier molecular flexibility index (Phi) is 4.84. The van der Waals surface area contributed by atoms with E-state index in [-0.39, 0.29) is 31.6 Å². The molecule has 21 heavy (non-hydrogen) atoms. The van der Waals surface area contributed by atoms with Crippen LogP contribution in [0.3, 0.4) is 0 Å². The maximum absolute atomic E-state index is 12.1. The zero-order chi connectivity index (χ0) is 15.5. The van der Waals surface area contributed by atoms with Crippen molar-refractivity contribution >= 4 is 21.9 Å². The van der Waals surface area contributed by atoms with Gasteiger partial charge in [-0.25, -0.2) is 0 Å². The summed E-state index contributed by atoms with van der Waals surface area (Å²) in [4.78, 5) is 11.6. The molecule has 0 fully saturated rings. The third kappa shape index (κ3) is 3.54. The van der Waals surface area contributed by atoms with Gasteiger partial charge in [0.05, 0.1) is 18.2 Å².